The number of rotatable bonds is 8. The molecular formula is C16H22O4. The lowest BCUT2D eigenvalue weighted by atomic mass is 9.84. The van der Waals surface area contributed by atoms with E-state index in [4.69, 9.17) is 18.9 Å². The van der Waals surface area contributed by atoms with Gasteiger partial charge in [-0.25, -0.2) is 0 Å². The van der Waals surface area contributed by atoms with Gasteiger partial charge in [0.1, 0.15) is 11.9 Å². The van der Waals surface area contributed by atoms with Crippen LogP contribution < -0.4 is 4.74 Å². The summed E-state index contributed by atoms with van der Waals surface area (Å²) in [5, 5.41) is 0. The summed E-state index contributed by atoms with van der Waals surface area (Å²) in [6.45, 7) is 6.67. The fraction of sp³-hybridized carbons (Fsp3) is 0.625. The fourth-order valence-electron chi connectivity index (χ4n) is 2.21. The van der Waals surface area contributed by atoms with E-state index in [2.05, 4.69) is 19.1 Å². The minimum atomic E-state index is 0.218. The number of hydrogen-bond acceptors (Lipinski definition) is 4. The summed E-state index contributed by atoms with van der Waals surface area (Å²) in [6, 6.07) is 8.12. The molecule has 2 heterocycles. The smallest absolute Gasteiger partial charge is 0.119 e. The van der Waals surface area contributed by atoms with Crippen molar-refractivity contribution in [1.82, 2.24) is 0 Å². The third-order valence-corrected chi connectivity index (χ3v) is 3.98. The summed E-state index contributed by atoms with van der Waals surface area (Å²) in [7, 11) is 0. The molecule has 1 atom stereocenters. The summed E-state index contributed by atoms with van der Waals surface area (Å²) >= 11 is 0. The third kappa shape index (κ3) is 3.51. The number of ether oxygens (including phenoxy) is 4. The predicted molar refractivity (Wildman–Crippen MR) is 74.9 cm³/mol. The molecule has 20 heavy (non-hydrogen) atoms. The second-order valence-corrected chi connectivity index (χ2v) is 5.75. The van der Waals surface area contributed by atoms with Crippen molar-refractivity contribution in [1.29, 1.82) is 0 Å². The number of epoxide rings is 1. The van der Waals surface area contributed by atoms with Gasteiger partial charge in [0.15, 0.2) is 0 Å². The van der Waals surface area contributed by atoms with Crippen LogP contribution in [0.4, 0.5) is 0 Å². The molecule has 4 nitrogen and oxygen atoms in total. The Morgan fingerprint density at radius 1 is 1.35 bits per heavy atom. The highest BCUT2D eigenvalue weighted by Gasteiger charge is 2.37. The van der Waals surface area contributed by atoms with E-state index in [0.29, 0.717) is 19.3 Å². The van der Waals surface area contributed by atoms with Crippen LogP contribution in [0.15, 0.2) is 24.3 Å². The monoisotopic (exact) mass is 278 g/mol. The van der Waals surface area contributed by atoms with Gasteiger partial charge in [-0.2, -0.15) is 0 Å². The molecule has 0 aromatic heterocycles. The van der Waals surface area contributed by atoms with Gasteiger partial charge in [0, 0.05) is 0 Å². The van der Waals surface area contributed by atoms with E-state index in [1.165, 1.54) is 0 Å². The molecule has 2 saturated heterocycles. The Morgan fingerprint density at radius 3 is 2.85 bits per heavy atom. The van der Waals surface area contributed by atoms with Crippen LogP contribution in [-0.4, -0.2) is 39.1 Å². The standard InChI is InChI=1S/C16H22O4/c1-2-16(10-18-11-16)12-20-14-5-3-4-13(6-14)7-17-8-15-9-19-15/h3-6,15H,2,7-12H2,1H3/t15-/m0/s1. The molecule has 0 amide bonds. The maximum atomic E-state index is 5.92. The Balaban J connectivity index is 1.48. The van der Waals surface area contributed by atoms with Gasteiger partial charge in [-0.1, -0.05) is 19.1 Å². The maximum absolute atomic E-state index is 5.92. The SMILES string of the molecule is CCC1(COc2cccc(COC[C@H]3CO3)c2)COC1. The number of benzene rings is 1. The lowest BCUT2D eigenvalue weighted by Crippen LogP contribution is -2.46. The Labute approximate surface area is 120 Å². The van der Waals surface area contributed by atoms with Crippen LogP contribution in [0, 0.1) is 5.41 Å². The van der Waals surface area contributed by atoms with Crippen LogP contribution >= 0.6 is 0 Å². The van der Waals surface area contributed by atoms with Crippen LogP contribution in [0.1, 0.15) is 18.9 Å². The fourth-order valence-corrected chi connectivity index (χ4v) is 2.21. The van der Waals surface area contributed by atoms with E-state index in [0.717, 1.165) is 44.2 Å². The van der Waals surface area contributed by atoms with Crippen molar-refractivity contribution >= 4 is 0 Å². The summed E-state index contributed by atoms with van der Waals surface area (Å²) in [5.41, 5.74) is 1.36. The minimum absolute atomic E-state index is 0.218. The molecular weight excluding hydrogens is 256 g/mol. The van der Waals surface area contributed by atoms with Gasteiger partial charge >= 0.3 is 0 Å². The predicted octanol–water partition coefficient (Wildman–Crippen LogP) is 2.41. The topological polar surface area (TPSA) is 40.2 Å². The Hall–Kier alpha value is -1.10. The van der Waals surface area contributed by atoms with Crippen LogP contribution in [-0.2, 0) is 20.8 Å². The first-order chi connectivity index (χ1) is 9.80. The van der Waals surface area contributed by atoms with Crippen molar-refractivity contribution < 1.29 is 18.9 Å². The highest BCUT2D eigenvalue weighted by Crippen LogP contribution is 2.32. The minimum Gasteiger partial charge on any atom is -0.493 e. The van der Waals surface area contributed by atoms with E-state index in [1.54, 1.807) is 0 Å². The first-order valence-corrected chi connectivity index (χ1v) is 7.28. The summed E-state index contributed by atoms with van der Waals surface area (Å²) in [4.78, 5) is 0. The van der Waals surface area contributed by atoms with Gasteiger partial charge in [0.2, 0.25) is 0 Å². The van der Waals surface area contributed by atoms with E-state index in [-0.39, 0.29) is 5.41 Å². The molecule has 0 spiro atoms. The van der Waals surface area contributed by atoms with Gasteiger partial charge < -0.3 is 18.9 Å². The molecule has 0 radical (unpaired) electrons. The second kappa shape index (κ2) is 6.12. The zero-order valence-corrected chi connectivity index (χ0v) is 12.0. The molecule has 1 aromatic rings. The second-order valence-electron chi connectivity index (χ2n) is 5.75. The van der Waals surface area contributed by atoms with Crippen LogP contribution in [0.5, 0.6) is 5.75 Å². The summed E-state index contributed by atoms with van der Waals surface area (Å²) in [5.74, 6) is 0.911. The van der Waals surface area contributed by atoms with Crippen molar-refractivity contribution in [2.45, 2.75) is 26.1 Å². The Morgan fingerprint density at radius 2 is 2.20 bits per heavy atom. The van der Waals surface area contributed by atoms with Crippen molar-refractivity contribution in [2.24, 2.45) is 5.41 Å². The maximum Gasteiger partial charge on any atom is 0.119 e. The van der Waals surface area contributed by atoms with Crippen LogP contribution in [0.2, 0.25) is 0 Å². The van der Waals surface area contributed by atoms with E-state index >= 15 is 0 Å². The lowest BCUT2D eigenvalue weighted by molar-refractivity contribution is -0.133. The van der Waals surface area contributed by atoms with Crippen molar-refractivity contribution in [3.05, 3.63) is 29.8 Å². The molecule has 0 bridgehead atoms. The molecule has 0 N–H and O–H groups in total. The Bertz CT molecular complexity index is 432. The Kier molecular flexibility index (Phi) is 4.24. The zero-order valence-electron chi connectivity index (χ0n) is 12.0. The molecule has 0 saturated carbocycles. The van der Waals surface area contributed by atoms with E-state index in [9.17, 15) is 0 Å². The third-order valence-electron chi connectivity index (χ3n) is 3.98. The molecule has 0 unspecified atom stereocenters. The average Bonchev–Trinajstić information content (AvgIpc) is 3.23. The molecule has 1 aromatic carbocycles. The van der Waals surface area contributed by atoms with E-state index < -0.39 is 0 Å². The van der Waals surface area contributed by atoms with Crippen molar-refractivity contribution in [3.63, 3.8) is 0 Å². The summed E-state index contributed by atoms with van der Waals surface area (Å²) in [6.07, 6.45) is 1.41. The molecule has 4 heteroatoms. The molecule has 2 fully saturated rings. The lowest BCUT2D eigenvalue weighted by Gasteiger charge is -2.40. The van der Waals surface area contributed by atoms with Crippen LogP contribution in [0.3, 0.4) is 0 Å². The van der Waals surface area contributed by atoms with Gasteiger partial charge in [0.25, 0.3) is 0 Å². The normalized spacial score (nSPS) is 23.1. The largest absolute Gasteiger partial charge is 0.493 e. The highest BCUT2D eigenvalue weighted by atomic mass is 16.6. The van der Waals surface area contributed by atoms with Gasteiger partial charge in [-0.3, -0.25) is 0 Å². The van der Waals surface area contributed by atoms with Gasteiger partial charge in [-0.05, 0) is 24.1 Å². The first kappa shape index (κ1) is 13.9. The average molecular weight is 278 g/mol. The van der Waals surface area contributed by atoms with Crippen molar-refractivity contribution in [3.8, 4) is 5.75 Å². The molecule has 3 rings (SSSR count). The molecule has 2 aliphatic rings. The zero-order chi connectivity index (χ0) is 13.8. The van der Waals surface area contributed by atoms with Crippen LogP contribution in [0.25, 0.3) is 0 Å². The number of hydrogen-bond donors (Lipinski definition) is 0. The first-order valence-electron chi connectivity index (χ1n) is 7.28. The highest BCUT2D eigenvalue weighted by molar-refractivity contribution is 5.28. The molecule has 2 aliphatic heterocycles. The summed E-state index contributed by atoms with van der Waals surface area (Å²) < 4.78 is 21.9. The quantitative estimate of drug-likeness (QED) is 0.685. The van der Waals surface area contributed by atoms with Gasteiger partial charge in [-0.15, -0.1) is 0 Å². The van der Waals surface area contributed by atoms with E-state index in [1.807, 2.05) is 12.1 Å². The van der Waals surface area contributed by atoms with Crippen molar-refractivity contribution in [2.75, 3.05) is 33.0 Å². The molecule has 0 aliphatic carbocycles. The molecule has 110 valence electrons. The van der Waals surface area contributed by atoms with Gasteiger partial charge in [0.05, 0.1) is 45.1 Å².